The van der Waals surface area contributed by atoms with Gasteiger partial charge in [-0.15, -0.1) is 0 Å². The van der Waals surface area contributed by atoms with Crippen LogP contribution in [0.3, 0.4) is 0 Å². The van der Waals surface area contributed by atoms with Crippen molar-refractivity contribution in [3.05, 3.63) is 42.0 Å². The van der Waals surface area contributed by atoms with Crippen molar-refractivity contribution in [1.29, 1.82) is 0 Å². The molecule has 0 saturated carbocycles. The highest BCUT2D eigenvalue weighted by Crippen LogP contribution is 2.40. The molecule has 0 fully saturated rings. The molecule has 2 aromatic rings. The normalized spacial score (nSPS) is 15.3. The molecule has 0 unspecified atom stereocenters. The Morgan fingerprint density at radius 3 is 2.12 bits per heavy atom. The van der Waals surface area contributed by atoms with E-state index in [4.69, 9.17) is 9.47 Å². The van der Waals surface area contributed by atoms with Gasteiger partial charge in [0.05, 0.1) is 5.69 Å². The topological polar surface area (TPSA) is 106 Å². The Labute approximate surface area is 196 Å². The molecule has 1 heterocycles. The lowest BCUT2D eigenvalue weighted by Crippen LogP contribution is -2.41. The van der Waals surface area contributed by atoms with Gasteiger partial charge in [-0.1, -0.05) is 0 Å². The lowest BCUT2D eigenvalue weighted by atomic mass is 10.1. The van der Waals surface area contributed by atoms with Gasteiger partial charge in [-0.3, -0.25) is 4.79 Å². The lowest BCUT2D eigenvalue weighted by Gasteiger charge is -2.26. The van der Waals surface area contributed by atoms with Crippen LogP contribution < -0.4 is 24.8 Å². The van der Waals surface area contributed by atoms with Crippen LogP contribution in [0.5, 0.6) is 11.5 Å². The van der Waals surface area contributed by atoms with E-state index in [2.05, 4.69) is 15.4 Å². The quantitative estimate of drug-likeness (QED) is 0.577. The minimum atomic E-state index is -3.90. The number of sulfonamides is 1. The van der Waals surface area contributed by atoms with E-state index in [-0.39, 0.29) is 16.0 Å². The van der Waals surface area contributed by atoms with E-state index < -0.39 is 27.3 Å². The van der Waals surface area contributed by atoms with Gasteiger partial charge in [0, 0.05) is 42.2 Å². The molecule has 0 spiro atoms. The minimum Gasteiger partial charge on any atom is -0.449 e. The van der Waals surface area contributed by atoms with E-state index in [1.54, 1.807) is 65.0 Å². The Morgan fingerprint density at radius 2 is 1.52 bits per heavy atom. The van der Waals surface area contributed by atoms with Crippen molar-refractivity contribution in [3.63, 3.8) is 0 Å². The van der Waals surface area contributed by atoms with E-state index in [1.165, 1.54) is 6.07 Å². The zero-order valence-corrected chi connectivity index (χ0v) is 21.2. The van der Waals surface area contributed by atoms with Gasteiger partial charge in [0.15, 0.2) is 11.5 Å². The van der Waals surface area contributed by atoms with Gasteiger partial charge in [-0.25, -0.2) is 13.1 Å². The van der Waals surface area contributed by atoms with Gasteiger partial charge in [-0.05, 0) is 71.9 Å². The lowest BCUT2D eigenvalue weighted by molar-refractivity contribution is -0.0431. The molecule has 180 valence electrons. The third-order valence-electron chi connectivity index (χ3n) is 4.40. The second-order valence-corrected chi connectivity index (χ2v) is 12.3. The van der Waals surface area contributed by atoms with E-state index >= 15 is 0 Å². The van der Waals surface area contributed by atoms with E-state index in [9.17, 15) is 13.2 Å². The summed E-state index contributed by atoms with van der Waals surface area (Å²) in [6.07, 6.45) is 0. The zero-order valence-electron chi connectivity index (χ0n) is 20.4. The van der Waals surface area contributed by atoms with Crippen LogP contribution in [0.4, 0.5) is 11.4 Å². The molecule has 3 rings (SSSR count). The molecule has 0 atom stereocenters. The Balaban J connectivity index is 1.93. The van der Waals surface area contributed by atoms with Crippen LogP contribution in [0.1, 0.15) is 65.7 Å². The standard InChI is InChI=1S/C24H33N3O5S/c1-22(2,3)26-17-11-9-15(13-20(17)33(29,30)27-23(4,5)6)21(28)25-16-10-12-18-19(14-16)32-24(7,8)31-18/h9-14,26-27H,1-8H3,(H,25,28). The molecule has 0 radical (unpaired) electrons. The molecule has 9 heteroatoms. The van der Waals surface area contributed by atoms with Crippen molar-refractivity contribution in [2.24, 2.45) is 0 Å². The first kappa shape index (κ1) is 24.9. The molecule has 33 heavy (non-hydrogen) atoms. The van der Waals surface area contributed by atoms with Crippen molar-refractivity contribution < 1.29 is 22.7 Å². The SMILES string of the molecule is CC(C)(C)Nc1ccc(C(=O)Nc2ccc3c(c2)OC(C)(C)O3)cc1S(=O)(=O)NC(C)(C)C. The van der Waals surface area contributed by atoms with Crippen LogP contribution in [-0.4, -0.2) is 31.2 Å². The number of hydrogen-bond donors (Lipinski definition) is 3. The Morgan fingerprint density at radius 1 is 0.879 bits per heavy atom. The fourth-order valence-corrected chi connectivity index (χ4v) is 4.96. The summed E-state index contributed by atoms with van der Waals surface area (Å²) in [6.45, 7) is 14.7. The molecule has 1 aliphatic rings. The first-order valence-electron chi connectivity index (χ1n) is 10.7. The summed E-state index contributed by atoms with van der Waals surface area (Å²) in [6, 6.07) is 9.69. The van der Waals surface area contributed by atoms with E-state index in [1.807, 2.05) is 20.8 Å². The first-order chi connectivity index (χ1) is 14.9. The van der Waals surface area contributed by atoms with Gasteiger partial charge >= 0.3 is 0 Å². The molecule has 0 aliphatic carbocycles. The van der Waals surface area contributed by atoms with E-state index in [0.29, 0.717) is 22.9 Å². The Kier molecular flexibility index (Phi) is 6.19. The van der Waals surface area contributed by atoms with Crippen molar-refractivity contribution in [2.75, 3.05) is 10.6 Å². The van der Waals surface area contributed by atoms with Gasteiger partial charge in [0.2, 0.25) is 15.8 Å². The van der Waals surface area contributed by atoms with Gasteiger partial charge < -0.3 is 20.1 Å². The highest BCUT2D eigenvalue weighted by Gasteiger charge is 2.32. The average Bonchev–Trinajstić information content (AvgIpc) is 2.91. The Bertz CT molecular complexity index is 1180. The Hall–Kier alpha value is -2.78. The second-order valence-electron chi connectivity index (χ2n) is 10.7. The second kappa shape index (κ2) is 8.22. The maximum Gasteiger partial charge on any atom is 0.255 e. The van der Waals surface area contributed by atoms with Crippen LogP contribution >= 0.6 is 0 Å². The van der Waals surface area contributed by atoms with Crippen LogP contribution in [0.25, 0.3) is 0 Å². The monoisotopic (exact) mass is 475 g/mol. The number of carbonyl (C=O) groups is 1. The fraction of sp³-hybridized carbons (Fsp3) is 0.458. The molecule has 3 N–H and O–H groups in total. The van der Waals surface area contributed by atoms with Crippen LogP contribution in [0, 0.1) is 0 Å². The summed E-state index contributed by atoms with van der Waals surface area (Å²) >= 11 is 0. The number of rotatable bonds is 5. The van der Waals surface area contributed by atoms with Gasteiger partial charge in [-0.2, -0.15) is 0 Å². The summed E-state index contributed by atoms with van der Waals surface area (Å²) < 4.78 is 40.4. The number of hydrogen-bond acceptors (Lipinski definition) is 6. The predicted octanol–water partition coefficient (Wildman–Crippen LogP) is 4.73. The van der Waals surface area contributed by atoms with Crippen molar-refractivity contribution in [1.82, 2.24) is 4.72 Å². The zero-order chi connectivity index (χ0) is 24.8. The maximum atomic E-state index is 13.2. The number of anilines is 2. The number of nitrogens with one attached hydrogen (secondary N) is 3. The van der Waals surface area contributed by atoms with Crippen molar-refractivity contribution in [3.8, 4) is 11.5 Å². The number of ether oxygens (including phenoxy) is 2. The highest BCUT2D eigenvalue weighted by atomic mass is 32.2. The van der Waals surface area contributed by atoms with Crippen LogP contribution in [-0.2, 0) is 10.0 Å². The average molecular weight is 476 g/mol. The molecule has 0 bridgehead atoms. The summed E-state index contributed by atoms with van der Waals surface area (Å²) in [5.74, 6) is -0.0930. The molecule has 1 amide bonds. The first-order valence-corrected chi connectivity index (χ1v) is 12.2. The molecule has 1 aliphatic heterocycles. The summed E-state index contributed by atoms with van der Waals surface area (Å²) in [5, 5.41) is 6.01. The molecular weight excluding hydrogens is 442 g/mol. The minimum absolute atomic E-state index is 0.00689. The summed E-state index contributed by atoms with van der Waals surface area (Å²) in [5.41, 5.74) is 0.0730. The molecule has 0 aromatic heterocycles. The summed E-state index contributed by atoms with van der Waals surface area (Å²) in [7, 11) is -3.90. The molecule has 8 nitrogen and oxygen atoms in total. The maximum absolute atomic E-state index is 13.2. The fourth-order valence-electron chi connectivity index (χ4n) is 3.35. The number of benzene rings is 2. The number of amides is 1. The summed E-state index contributed by atoms with van der Waals surface area (Å²) in [4.78, 5) is 13.0. The van der Waals surface area contributed by atoms with E-state index in [0.717, 1.165) is 0 Å². The van der Waals surface area contributed by atoms with Crippen molar-refractivity contribution >= 4 is 27.3 Å². The molecule has 2 aromatic carbocycles. The molecular formula is C24H33N3O5S. The van der Waals surface area contributed by atoms with Crippen LogP contribution in [0.2, 0.25) is 0 Å². The largest absolute Gasteiger partial charge is 0.449 e. The number of carbonyl (C=O) groups excluding carboxylic acids is 1. The van der Waals surface area contributed by atoms with Gasteiger partial charge in [0.1, 0.15) is 4.90 Å². The third kappa shape index (κ3) is 6.39. The van der Waals surface area contributed by atoms with Crippen molar-refractivity contribution in [2.45, 2.75) is 77.2 Å². The number of fused-ring (bicyclic) bond motifs is 1. The third-order valence-corrected chi connectivity index (χ3v) is 6.19. The predicted molar refractivity (Wildman–Crippen MR) is 130 cm³/mol. The molecule has 0 saturated heterocycles. The van der Waals surface area contributed by atoms with Gasteiger partial charge in [0.25, 0.3) is 5.91 Å². The highest BCUT2D eigenvalue weighted by molar-refractivity contribution is 7.89. The van der Waals surface area contributed by atoms with Crippen LogP contribution in [0.15, 0.2) is 41.3 Å². The smallest absolute Gasteiger partial charge is 0.255 e.